The molecule has 2 aromatic carbocycles. The number of hydrogen-bond donors (Lipinski definition) is 5. The summed E-state index contributed by atoms with van der Waals surface area (Å²) in [6.07, 6.45) is 0.0207. The second-order valence-electron chi connectivity index (χ2n) is 16.8. The van der Waals surface area contributed by atoms with Crippen molar-refractivity contribution in [1.82, 2.24) is 25.8 Å². The lowest BCUT2D eigenvalue weighted by Gasteiger charge is -2.46. The monoisotopic (exact) mass is 891 g/mol. The van der Waals surface area contributed by atoms with Gasteiger partial charge < -0.3 is 36.3 Å². The smallest absolute Gasteiger partial charge is 0.407 e. The number of carbonyl (C=O) groups is 2. The fourth-order valence-corrected chi connectivity index (χ4v) is 8.53. The van der Waals surface area contributed by atoms with E-state index < -0.39 is 78.6 Å². The third-order valence-electron chi connectivity index (χ3n) is 12.3. The van der Waals surface area contributed by atoms with Crippen molar-refractivity contribution in [3.63, 3.8) is 0 Å². The highest BCUT2D eigenvalue weighted by Crippen LogP contribution is 2.45. The number of halogens is 7. The molecule has 5 atom stereocenters. The van der Waals surface area contributed by atoms with Crippen LogP contribution < -0.4 is 21.7 Å². The van der Waals surface area contributed by atoms with E-state index in [2.05, 4.69) is 31.3 Å². The lowest BCUT2D eigenvalue weighted by Crippen LogP contribution is -2.62. The summed E-state index contributed by atoms with van der Waals surface area (Å²) >= 11 is 0. The highest BCUT2D eigenvalue weighted by molar-refractivity contribution is 5.87. The van der Waals surface area contributed by atoms with Gasteiger partial charge in [-0.1, -0.05) is 30.3 Å². The number of fused-ring (bicyclic) bond motifs is 2. The molecular formula is C44H52F7N7O5. The molecule has 0 aliphatic carbocycles. The van der Waals surface area contributed by atoms with Gasteiger partial charge in [0.2, 0.25) is 5.91 Å². The quantitative estimate of drug-likeness (QED) is 0.0602. The number of aliphatic hydroxyl groups excluding tert-OH is 1. The number of rotatable bonds is 17. The number of carbonyl (C=O) groups excluding carboxylic acids is 2. The zero-order valence-corrected chi connectivity index (χ0v) is 35.0. The number of nitrogens with zero attached hydrogens (tertiary/aromatic N) is 3. The number of pyridine rings is 1. The van der Waals surface area contributed by atoms with Crippen LogP contribution in [0.3, 0.4) is 0 Å². The molecule has 0 saturated carbocycles. The zero-order valence-electron chi connectivity index (χ0n) is 35.0. The number of hydrogen-bond acceptors (Lipinski definition) is 10. The molecule has 0 spiro atoms. The third-order valence-corrected chi connectivity index (χ3v) is 12.3. The van der Waals surface area contributed by atoms with Crippen molar-refractivity contribution in [2.45, 2.75) is 107 Å². The number of aliphatic imine (C=N–C) groups is 1. The molecule has 3 saturated heterocycles. The van der Waals surface area contributed by atoms with Gasteiger partial charge in [0.05, 0.1) is 43.9 Å². The SMILES string of the molecule is COC(=O)NC(C(=O)N[C@@H](Cc1ccc(-c2ccc(C3CC4CCC(C3)N4C3COC3)nc2)cc1)[C@@H](O)CNCc1c(F)cc(C(N)=CC=NC(F)F)cc1F)C(C)(C)C(F)(F)F. The van der Waals surface area contributed by atoms with Gasteiger partial charge in [0.15, 0.2) is 0 Å². The first-order valence-electron chi connectivity index (χ1n) is 20.6. The maximum absolute atomic E-state index is 15.1. The van der Waals surface area contributed by atoms with Crippen LogP contribution in [0.1, 0.15) is 67.8 Å². The number of amides is 2. The summed E-state index contributed by atoms with van der Waals surface area (Å²) in [5, 5.41) is 18.5. The molecule has 6 rings (SSSR count). The number of methoxy groups -OCH3 is 1. The average molecular weight is 892 g/mol. The van der Waals surface area contributed by atoms with E-state index in [1.807, 2.05) is 29.7 Å². The normalized spacial score (nSPS) is 21.3. The molecule has 3 aromatic rings. The Morgan fingerprint density at radius 3 is 2.17 bits per heavy atom. The number of alkyl carbamates (subject to hydrolysis) is 1. The van der Waals surface area contributed by atoms with E-state index in [1.165, 1.54) is 12.8 Å². The summed E-state index contributed by atoms with van der Waals surface area (Å²) in [5.74, 6) is -3.02. The summed E-state index contributed by atoms with van der Waals surface area (Å²) in [5.41, 5.74) is 5.38. The lowest BCUT2D eigenvalue weighted by molar-refractivity contribution is -0.220. The Balaban J connectivity index is 1.16. The summed E-state index contributed by atoms with van der Waals surface area (Å²) in [6.45, 7) is -0.840. The molecule has 6 N–H and O–H groups in total. The maximum atomic E-state index is 15.1. The van der Waals surface area contributed by atoms with Gasteiger partial charge in [0.1, 0.15) is 17.7 Å². The largest absolute Gasteiger partial charge is 0.453 e. The van der Waals surface area contributed by atoms with E-state index in [0.717, 1.165) is 82.0 Å². The predicted octanol–water partition coefficient (Wildman–Crippen LogP) is 6.22. The molecule has 3 unspecified atom stereocenters. The van der Waals surface area contributed by atoms with Crippen molar-refractivity contribution < 1.29 is 54.9 Å². The molecule has 4 heterocycles. The Morgan fingerprint density at radius 2 is 1.63 bits per heavy atom. The molecule has 1 aromatic heterocycles. The van der Waals surface area contributed by atoms with Crippen LogP contribution in [0.2, 0.25) is 0 Å². The summed E-state index contributed by atoms with van der Waals surface area (Å²) < 4.78 is 107. The van der Waals surface area contributed by atoms with Gasteiger partial charge in [0, 0.05) is 71.6 Å². The standard InChI is InChI=1S/C44H52F7N7O5/c1-43(2,44(49,50)51)39(57-42(61)62-3)40(60)56-37(38(59)21-53-20-32-33(45)17-27(18-34(32)46)35(52)12-13-54-41(47)48)14-24-4-6-25(7-5-24)26-8-11-36(55-19-26)28-15-29-9-10-30(16-28)58(29)31-22-63-23-31/h4-8,11-13,17-19,28-31,37-39,41,53,59H,9-10,14-16,20-23,52H2,1-3H3,(H,56,60)(H,57,61)/t28?,29?,30?,37-,38-,39?/m0/s1. The molecule has 2 amide bonds. The average Bonchev–Trinajstić information content (AvgIpc) is 3.44. The van der Waals surface area contributed by atoms with Gasteiger partial charge in [-0.25, -0.2) is 18.6 Å². The first kappa shape index (κ1) is 47.4. The lowest BCUT2D eigenvalue weighted by atomic mass is 9.82. The van der Waals surface area contributed by atoms with Gasteiger partial charge in [-0.05, 0) is 81.4 Å². The Bertz CT molecular complexity index is 2080. The van der Waals surface area contributed by atoms with Gasteiger partial charge >= 0.3 is 18.8 Å². The first-order chi connectivity index (χ1) is 29.9. The van der Waals surface area contributed by atoms with Gasteiger partial charge in [0.25, 0.3) is 0 Å². The van der Waals surface area contributed by atoms with Crippen molar-refractivity contribution in [3.05, 3.63) is 94.8 Å². The second kappa shape index (κ2) is 20.2. The fraction of sp³-hybridized carbons (Fsp3) is 0.500. The van der Waals surface area contributed by atoms with Crippen LogP contribution in [0, 0.1) is 17.0 Å². The number of aliphatic hydroxyl groups is 1. The molecule has 0 radical (unpaired) electrons. The Hall–Kier alpha value is -5.11. The van der Waals surface area contributed by atoms with Crippen molar-refractivity contribution in [2.24, 2.45) is 16.1 Å². The Labute approximate surface area is 360 Å². The summed E-state index contributed by atoms with van der Waals surface area (Å²) in [4.78, 5) is 36.1. The van der Waals surface area contributed by atoms with Crippen LogP contribution in [-0.2, 0) is 27.2 Å². The molecular weight excluding hydrogens is 840 g/mol. The van der Waals surface area contributed by atoms with Crippen LogP contribution >= 0.6 is 0 Å². The highest BCUT2D eigenvalue weighted by atomic mass is 19.4. The third kappa shape index (κ3) is 11.3. The van der Waals surface area contributed by atoms with Gasteiger partial charge in [-0.2, -0.15) is 22.0 Å². The fourth-order valence-electron chi connectivity index (χ4n) is 8.53. The number of piperidine rings is 1. The van der Waals surface area contributed by atoms with Crippen LogP contribution in [0.15, 0.2) is 65.8 Å². The Kier molecular flexibility index (Phi) is 15.2. The summed E-state index contributed by atoms with van der Waals surface area (Å²) in [6, 6.07) is 11.0. The first-order valence-corrected chi connectivity index (χ1v) is 20.6. The van der Waals surface area contributed by atoms with Crippen LogP contribution in [0.4, 0.5) is 35.5 Å². The minimum absolute atomic E-state index is 0.116. The van der Waals surface area contributed by atoms with Crippen LogP contribution in [0.5, 0.6) is 0 Å². The molecule has 3 aliphatic heterocycles. The van der Waals surface area contributed by atoms with E-state index in [9.17, 15) is 36.6 Å². The van der Waals surface area contributed by atoms with E-state index in [-0.39, 0.29) is 17.7 Å². The van der Waals surface area contributed by atoms with Crippen molar-refractivity contribution >= 4 is 23.9 Å². The maximum Gasteiger partial charge on any atom is 0.407 e. The van der Waals surface area contributed by atoms with Gasteiger partial charge in [-0.15, -0.1) is 0 Å². The molecule has 63 heavy (non-hydrogen) atoms. The molecule has 3 aliphatic rings. The molecule has 2 bridgehead atoms. The topological polar surface area (TPSA) is 163 Å². The highest BCUT2D eigenvalue weighted by Gasteiger charge is 2.56. The number of aromatic nitrogens is 1. The van der Waals surface area contributed by atoms with Gasteiger partial charge in [-0.3, -0.25) is 14.7 Å². The molecule has 19 heteroatoms. The second-order valence-corrected chi connectivity index (χ2v) is 16.8. The van der Waals surface area contributed by atoms with E-state index in [0.29, 0.717) is 35.8 Å². The number of nitrogens with one attached hydrogen (secondary N) is 3. The van der Waals surface area contributed by atoms with E-state index in [1.54, 1.807) is 12.1 Å². The van der Waals surface area contributed by atoms with Crippen LogP contribution in [-0.4, -0.2) is 109 Å². The van der Waals surface area contributed by atoms with E-state index >= 15 is 8.78 Å². The number of allylic oxidation sites excluding steroid dienone is 1. The molecule has 12 nitrogen and oxygen atoms in total. The van der Waals surface area contributed by atoms with Crippen molar-refractivity contribution in [2.75, 3.05) is 26.9 Å². The number of benzene rings is 2. The molecule has 3 fully saturated rings. The van der Waals surface area contributed by atoms with Crippen molar-refractivity contribution in [1.29, 1.82) is 0 Å². The number of nitrogens with two attached hydrogens (primary N) is 1. The van der Waals surface area contributed by atoms with Crippen molar-refractivity contribution in [3.8, 4) is 11.1 Å². The molecule has 342 valence electrons. The number of ether oxygens (including phenoxy) is 2. The Morgan fingerprint density at radius 1 is 1.00 bits per heavy atom. The van der Waals surface area contributed by atoms with E-state index in [4.69, 9.17) is 15.5 Å². The van der Waals surface area contributed by atoms with Crippen LogP contribution in [0.25, 0.3) is 16.8 Å². The zero-order chi connectivity index (χ0) is 45.6. The number of alkyl halides is 5. The minimum atomic E-state index is -4.97. The minimum Gasteiger partial charge on any atom is -0.453 e. The predicted molar refractivity (Wildman–Crippen MR) is 220 cm³/mol. The summed E-state index contributed by atoms with van der Waals surface area (Å²) in [7, 11) is 0.924.